The quantitative estimate of drug-likeness (QED) is 0.843. The fourth-order valence-corrected chi connectivity index (χ4v) is 2.35. The first-order chi connectivity index (χ1) is 10.9. The van der Waals surface area contributed by atoms with E-state index >= 15 is 0 Å². The molecule has 0 atom stereocenters. The molecule has 0 saturated heterocycles. The Labute approximate surface area is 137 Å². The van der Waals surface area contributed by atoms with Crippen molar-refractivity contribution in [3.8, 4) is 5.75 Å². The van der Waals surface area contributed by atoms with Gasteiger partial charge in [-0.1, -0.05) is 6.07 Å². The van der Waals surface area contributed by atoms with E-state index in [-0.39, 0.29) is 18.6 Å². The molecule has 0 aromatic heterocycles. The molecule has 0 aliphatic heterocycles. The summed E-state index contributed by atoms with van der Waals surface area (Å²) in [5.41, 5.74) is 4.06. The van der Waals surface area contributed by atoms with Gasteiger partial charge in [-0.3, -0.25) is 4.79 Å². The number of aryl methyl sites for hydroxylation is 2. The highest BCUT2D eigenvalue weighted by Crippen LogP contribution is 2.17. The van der Waals surface area contributed by atoms with Crippen molar-refractivity contribution >= 4 is 17.3 Å². The number of amides is 1. The molecule has 0 bridgehead atoms. The lowest BCUT2D eigenvalue weighted by molar-refractivity contribution is -0.114. The van der Waals surface area contributed by atoms with Crippen molar-refractivity contribution in [2.24, 2.45) is 0 Å². The van der Waals surface area contributed by atoms with Crippen LogP contribution in [0.1, 0.15) is 25.0 Å². The molecule has 1 amide bonds. The molecule has 23 heavy (non-hydrogen) atoms. The predicted octanol–water partition coefficient (Wildman–Crippen LogP) is 4.14. The van der Waals surface area contributed by atoms with Gasteiger partial charge in [0.1, 0.15) is 5.75 Å². The number of hydrogen-bond acceptors (Lipinski definition) is 3. The van der Waals surface area contributed by atoms with E-state index in [0.717, 1.165) is 17.1 Å². The first-order valence-electron chi connectivity index (χ1n) is 7.81. The minimum atomic E-state index is -0.0818. The van der Waals surface area contributed by atoms with Crippen LogP contribution in [0.2, 0.25) is 0 Å². The van der Waals surface area contributed by atoms with Crippen LogP contribution in [-0.4, -0.2) is 18.6 Å². The predicted molar refractivity (Wildman–Crippen MR) is 95.2 cm³/mol. The van der Waals surface area contributed by atoms with Gasteiger partial charge < -0.3 is 15.4 Å². The van der Waals surface area contributed by atoms with Crippen LogP contribution in [0.15, 0.2) is 42.5 Å². The van der Waals surface area contributed by atoms with Crippen LogP contribution in [-0.2, 0) is 4.79 Å². The Morgan fingerprint density at radius 3 is 2.17 bits per heavy atom. The third-order valence-electron chi connectivity index (χ3n) is 3.18. The van der Waals surface area contributed by atoms with E-state index in [1.165, 1.54) is 11.1 Å². The van der Waals surface area contributed by atoms with Crippen molar-refractivity contribution in [2.75, 3.05) is 17.2 Å². The molecule has 0 aliphatic rings. The van der Waals surface area contributed by atoms with Crippen molar-refractivity contribution < 1.29 is 9.53 Å². The molecule has 4 heteroatoms. The van der Waals surface area contributed by atoms with Gasteiger partial charge in [-0.05, 0) is 75.2 Å². The van der Waals surface area contributed by atoms with E-state index in [2.05, 4.69) is 16.7 Å². The highest BCUT2D eigenvalue weighted by atomic mass is 16.5. The van der Waals surface area contributed by atoms with E-state index < -0.39 is 0 Å². The van der Waals surface area contributed by atoms with Crippen LogP contribution >= 0.6 is 0 Å². The van der Waals surface area contributed by atoms with E-state index in [9.17, 15) is 4.79 Å². The van der Waals surface area contributed by atoms with Crippen molar-refractivity contribution in [1.29, 1.82) is 0 Å². The van der Waals surface area contributed by atoms with Crippen molar-refractivity contribution in [1.82, 2.24) is 0 Å². The number of nitrogens with one attached hydrogen (secondary N) is 2. The van der Waals surface area contributed by atoms with Crippen LogP contribution in [0.5, 0.6) is 5.75 Å². The third kappa shape index (κ3) is 5.66. The molecule has 2 rings (SSSR count). The highest BCUT2D eigenvalue weighted by Gasteiger charge is 2.04. The Morgan fingerprint density at radius 2 is 1.61 bits per heavy atom. The molecular weight excluding hydrogens is 288 g/mol. The molecular formula is C19H24N2O2. The third-order valence-corrected chi connectivity index (χ3v) is 3.18. The normalized spacial score (nSPS) is 10.5. The van der Waals surface area contributed by atoms with Crippen molar-refractivity contribution in [3.05, 3.63) is 53.6 Å². The van der Waals surface area contributed by atoms with Crippen LogP contribution in [0, 0.1) is 13.8 Å². The number of carbonyl (C=O) groups excluding carboxylic acids is 1. The molecule has 4 nitrogen and oxygen atoms in total. The van der Waals surface area contributed by atoms with Gasteiger partial charge in [-0.2, -0.15) is 0 Å². The largest absolute Gasteiger partial charge is 0.491 e. The van der Waals surface area contributed by atoms with Crippen LogP contribution in [0.25, 0.3) is 0 Å². The molecule has 0 unspecified atom stereocenters. The Morgan fingerprint density at radius 1 is 1.00 bits per heavy atom. The van der Waals surface area contributed by atoms with E-state index in [1.54, 1.807) is 0 Å². The Balaban J connectivity index is 1.87. The smallest absolute Gasteiger partial charge is 0.243 e. The zero-order valence-corrected chi connectivity index (χ0v) is 14.1. The monoisotopic (exact) mass is 312 g/mol. The number of carbonyl (C=O) groups is 1. The maximum atomic E-state index is 12.0. The first-order valence-corrected chi connectivity index (χ1v) is 7.81. The second-order valence-corrected chi connectivity index (χ2v) is 5.97. The highest BCUT2D eigenvalue weighted by molar-refractivity contribution is 5.93. The Kier molecular flexibility index (Phi) is 5.63. The standard InChI is InChI=1S/C19H24N2O2/c1-13(2)23-18-7-5-16(6-8-18)21-19(22)12-20-17-10-14(3)9-15(4)11-17/h5-11,13,20H,12H2,1-4H3,(H,21,22). The summed E-state index contributed by atoms with van der Waals surface area (Å²) in [7, 11) is 0. The molecule has 0 spiro atoms. The lowest BCUT2D eigenvalue weighted by Gasteiger charge is -2.11. The zero-order chi connectivity index (χ0) is 16.8. The summed E-state index contributed by atoms with van der Waals surface area (Å²) in [5, 5.41) is 6.01. The van der Waals surface area contributed by atoms with Gasteiger partial charge in [0, 0.05) is 11.4 Å². The van der Waals surface area contributed by atoms with Crippen molar-refractivity contribution in [2.45, 2.75) is 33.8 Å². The van der Waals surface area contributed by atoms with Crippen LogP contribution < -0.4 is 15.4 Å². The van der Waals surface area contributed by atoms with E-state index in [4.69, 9.17) is 4.74 Å². The fraction of sp³-hybridized carbons (Fsp3) is 0.316. The minimum absolute atomic E-state index is 0.0818. The molecule has 0 fully saturated rings. The molecule has 0 radical (unpaired) electrons. The summed E-state index contributed by atoms with van der Waals surface area (Å²) < 4.78 is 5.58. The van der Waals surface area contributed by atoms with Gasteiger partial charge >= 0.3 is 0 Å². The molecule has 0 saturated carbocycles. The zero-order valence-electron chi connectivity index (χ0n) is 14.1. The van der Waals surface area contributed by atoms with Gasteiger partial charge in [-0.15, -0.1) is 0 Å². The molecule has 0 aliphatic carbocycles. The maximum absolute atomic E-state index is 12.0. The van der Waals surface area contributed by atoms with Crippen LogP contribution in [0.4, 0.5) is 11.4 Å². The number of rotatable bonds is 6. The van der Waals surface area contributed by atoms with Gasteiger partial charge in [-0.25, -0.2) is 0 Å². The molecule has 2 aromatic carbocycles. The first kappa shape index (κ1) is 16.9. The number of ether oxygens (including phenoxy) is 1. The fourth-order valence-electron chi connectivity index (χ4n) is 2.35. The summed E-state index contributed by atoms with van der Waals surface area (Å²) >= 11 is 0. The number of anilines is 2. The number of benzene rings is 2. The second-order valence-electron chi connectivity index (χ2n) is 5.97. The molecule has 2 aromatic rings. The molecule has 2 N–H and O–H groups in total. The minimum Gasteiger partial charge on any atom is -0.491 e. The molecule has 0 heterocycles. The maximum Gasteiger partial charge on any atom is 0.243 e. The van der Waals surface area contributed by atoms with Gasteiger partial charge in [0.15, 0.2) is 0 Å². The summed E-state index contributed by atoms with van der Waals surface area (Å²) in [6.45, 7) is 8.27. The van der Waals surface area contributed by atoms with Crippen LogP contribution in [0.3, 0.4) is 0 Å². The summed E-state index contributed by atoms with van der Waals surface area (Å²) in [4.78, 5) is 12.0. The Hall–Kier alpha value is -2.49. The SMILES string of the molecule is Cc1cc(C)cc(NCC(=O)Nc2ccc(OC(C)C)cc2)c1. The summed E-state index contributed by atoms with van der Waals surface area (Å²) in [6.07, 6.45) is 0.137. The number of hydrogen-bond donors (Lipinski definition) is 2. The topological polar surface area (TPSA) is 50.4 Å². The van der Waals surface area contributed by atoms with Gasteiger partial charge in [0.2, 0.25) is 5.91 Å². The second kappa shape index (κ2) is 7.68. The summed E-state index contributed by atoms with van der Waals surface area (Å²) in [6, 6.07) is 13.5. The lowest BCUT2D eigenvalue weighted by Crippen LogP contribution is -2.21. The lowest BCUT2D eigenvalue weighted by atomic mass is 10.1. The average molecular weight is 312 g/mol. The molecule has 122 valence electrons. The van der Waals surface area contributed by atoms with Gasteiger partial charge in [0.05, 0.1) is 12.6 Å². The van der Waals surface area contributed by atoms with E-state index in [0.29, 0.717) is 0 Å². The summed E-state index contributed by atoms with van der Waals surface area (Å²) in [5.74, 6) is 0.716. The van der Waals surface area contributed by atoms with E-state index in [1.807, 2.05) is 64.1 Å². The average Bonchev–Trinajstić information content (AvgIpc) is 2.46. The Bertz CT molecular complexity index is 643. The van der Waals surface area contributed by atoms with Gasteiger partial charge in [0.25, 0.3) is 0 Å². The van der Waals surface area contributed by atoms with Crippen molar-refractivity contribution in [3.63, 3.8) is 0 Å².